The lowest BCUT2D eigenvalue weighted by Gasteiger charge is -2.31. The molecule has 0 fully saturated rings. The van der Waals surface area contributed by atoms with E-state index in [1.54, 1.807) is 0 Å². The van der Waals surface area contributed by atoms with Crippen LogP contribution in [0.5, 0.6) is 0 Å². The summed E-state index contributed by atoms with van der Waals surface area (Å²) in [6.07, 6.45) is 3.87. The lowest BCUT2D eigenvalue weighted by Crippen LogP contribution is -2.24. The van der Waals surface area contributed by atoms with Crippen molar-refractivity contribution in [3.8, 4) is 0 Å². The van der Waals surface area contributed by atoms with E-state index in [0.717, 1.165) is 11.8 Å². The summed E-state index contributed by atoms with van der Waals surface area (Å²) in [5, 5.41) is 0. The van der Waals surface area contributed by atoms with E-state index in [1.807, 2.05) is 0 Å². The molecule has 0 nitrogen and oxygen atoms in total. The molecule has 1 heteroatoms. The Morgan fingerprint density at radius 1 is 1.08 bits per heavy atom. The van der Waals surface area contributed by atoms with Gasteiger partial charge in [0.2, 0.25) is 0 Å². The van der Waals surface area contributed by atoms with Crippen molar-refractivity contribution in [2.24, 2.45) is 17.3 Å². The summed E-state index contributed by atoms with van der Waals surface area (Å²) in [7, 11) is 0. The average molecular weight is 205 g/mol. The van der Waals surface area contributed by atoms with Gasteiger partial charge < -0.3 is 0 Å². The van der Waals surface area contributed by atoms with Crippen LogP contribution in [0.2, 0.25) is 0 Å². The maximum absolute atomic E-state index is 6.01. The van der Waals surface area contributed by atoms with Crippen molar-refractivity contribution < 1.29 is 0 Å². The lowest BCUT2D eigenvalue weighted by molar-refractivity contribution is 0.212. The van der Waals surface area contributed by atoms with Crippen LogP contribution in [0, 0.1) is 17.3 Å². The van der Waals surface area contributed by atoms with Crippen molar-refractivity contribution in [2.45, 2.75) is 53.9 Å². The molecular weight excluding hydrogens is 180 g/mol. The van der Waals surface area contributed by atoms with Crippen LogP contribution in [0.4, 0.5) is 0 Å². The fourth-order valence-corrected chi connectivity index (χ4v) is 2.26. The van der Waals surface area contributed by atoms with E-state index in [2.05, 4.69) is 34.6 Å². The highest BCUT2D eigenvalue weighted by Crippen LogP contribution is 2.33. The molecule has 0 saturated heterocycles. The predicted molar refractivity (Wildman–Crippen MR) is 62.4 cm³/mol. The first kappa shape index (κ1) is 13.3. The molecule has 0 radical (unpaired) electrons. The molecule has 0 aliphatic rings. The topological polar surface area (TPSA) is 0 Å². The number of hydrogen-bond acceptors (Lipinski definition) is 0. The second-order valence-electron chi connectivity index (χ2n) is 5.14. The van der Waals surface area contributed by atoms with Crippen LogP contribution >= 0.6 is 11.6 Å². The quantitative estimate of drug-likeness (QED) is 0.569. The Bertz CT molecular complexity index is 120. The molecule has 0 aromatic rings. The second kappa shape index (κ2) is 5.90. The molecule has 0 saturated carbocycles. The maximum atomic E-state index is 6.01. The van der Waals surface area contributed by atoms with Crippen LogP contribution in [0.3, 0.4) is 0 Å². The first-order valence-electron chi connectivity index (χ1n) is 5.51. The SMILES string of the molecule is CCC(CC)CC(CCl)C(C)(C)C. The summed E-state index contributed by atoms with van der Waals surface area (Å²) in [5.41, 5.74) is 0.365. The molecule has 0 aliphatic carbocycles. The van der Waals surface area contributed by atoms with E-state index in [0.29, 0.717) is 11.3 Å². The summed E-state index contributed by atoms with van der Waals surface area (Å²) in [6, 6.07) is 0. The van der Waals surface area contributed by atoms with Gasteiger partial charge >= 0.3 is 0 Å². The van der Waals surface area contributed by atoms with Gasteiger partial charge in [-0.3, -0.25) is 0 Å². The van der Waals surface area contributed by atoms with Crippen molar-refractivity contribution in [2.75, 3.05) is 5.88 Å². The molecule has 0 aliphatic heterocycles. The molecule has 0 amide bonds. The highest BCUT2D eigenvalue weighted by molar-refractivity contribution is 6.18. The third-order valence-corrected chi connectivity index (χ3v) is 3.56. The van der Waals surface area contributed by atoms with Crippen molar-refractivity contribution in [1.82, 2.24) is 0 Å². The first-order chi connectivity index (χ1) is 5.95. The first-order valence-corrected chi connectivity index (χ1v) is 6.05. The number of halogens is 1. The predicted octanol–water partition coefficient (Wildman–Crippen LogP) is 4.71. The molecule has 1 unspecified atom stereocenters. The van der Waals surface area contributed by atoms with Crippen LogP contribution < -0.4 is 0 Å². The van der Waals surface area contributed by atoms with Crippen molar-refractivity contribution in [3.05, 3.63) is 0 Å². The van der Waals surface area contributed by atoms with Gasteiger partial charge in [0.25, 0.3) is 0 Å². The van der Waals surface area contributed by atoms with Crippen molar-refractivity contribution in [3.63, 3.8) is 0 Å². The van der Waals surface area contributed by atoms with Gasteiger partial charge in [-0.2, -0.15) is 0 Å². The molecule has 0 heterocycles. The number of rotatable bonds is 5. The van der Waals surface area contributed by atoms with Crippen LogP contribution in [-0.2, 0) is 0 Å². The largest absolute Gasteiger partial charge is 0.126 e. The molecule has 0 rings (SSSR count). The summed E-state index contributed by atoms with van der Waals surface area (Å²) in [5.74, 6) is 2.34. The Labute approximate surface area is 89.1 Å². The zero-order valence-electron chi connectivity index (χ0n) is 9.86. The molecule has 0 aromatic heterocycles. The normalized spacial score (nSPS) is 15.0. The minimum atomic E-state index is 0.365. The van der Waals surface area contributed by atoms with Crippen LogP contribution in [0.25, 0.3) is 0 Å². The highest BCUT2D eigenvalue weighted by atomic mass is 35.5. The number of hydrogen-bond donors (Lipinski definition) is 0. The third kappa shape index (κ3) is 4.90. The second-order valence-corrected chi connectivity index (χ2v) is 5.44. The number of alkyl halides is 1. The maximum Gasteiger partial charge on any atom is 0.0256 e. The highest BCUT2D eigenvalue weighted by Gasteiger charge is 2.25. The van der Waals surface area contributed by atoms with E-state index < -0.39 is 0 Å². The van der Waals surface area contributed by atoms with Crippen molar-refractivity contribution in [1.29, 1.82) is 0 Å². The summed E-state index contributed by atoms with van der Waals surface area (Å²) < 4.78 is 0. The fraction of sp³-hybridized carbons (Fsp3) is 1.00. The zero-order valence-corrected chi connectivity index (χ0v) is 10.6. The van der Waals surface area contributed by atoms with Crippen LogP contribution in [0.15, 0.2) is 0 Å². The zero-order chi connectivity index (χ0) is 10.5. The van der Waals surface area contributed by atoms with Gasteiger partial charge in [-0.15, -0.1) is 11.6 Å². The summed E-state index contributed by atoms with van der Waals surface area (Å²) >= 11 is 6.01. The lowest BCUT2D eigenvalue weighted by atomic mass is 9.76. The Kier molecular flexibility index (Phi) is 6.04. The molecule has 0 aromatic carbocycles. The standard InChI is InChI=1S/C12H25Cl/c1-6-10(7-2)8-11(9-13)12(3,4)5/h10-11H,6-9H2,1-5H3. The Balaban J connectivity index is 4.11. The Morgan fingerprint density at radius 2 is 1.54 bits per heavy atom. The van der Waals surface area contributed by atoms with Gasteiger partial charge in [0.15, 0.2) is 0 Å². The van der Waals surface area contributed by atoms with Gasteiger partial charge in [-0.05, 0) is 23.7 Å². The molecule has 0 spiro atoms. The smallest absolute Gasteiger partial charge is 0.0256 e. The van der Waals surface area contributed by atoms with E-state index in [1.165, 1.54) is 19.3 Å². The van der Waals surface area contributed by atoms with E-state index in [-0.39, 0.29) is 0 Å². The van der Waals surface area contributed by atoms with Crippen LogP contribution in [0.1, 0.15) is 53.9 Å². The van der Waals surface area contributed by atoms with Gasteiger partial charge in [0.05, 0.1) is 0 Å². The van der Waals surface area contributed by atoms with E-state index >= 15 is 0 Å². The monoisotopic (exact) mass is 204 g/mol. The molecule has 1 atom stereocenters. The summed E-state index contributed by atoms with van der Waals surface area (Å²) in [6.45, 7) is 11.4. The van der Waals surface area contributed by atoms with E-state index in [4.69, 9.17) is 11.6 Å². The molecule has 80 valence electrons. The van der Waals surface area contributed by atoms with Gasteiger partial charge in [0, 0.05) is 5.88 Å². The minimum absolute atomic E-state index is 0.365. The minimum Gasteiger partial charge on any atom is -0.126 e. The summed E-state index contributed by atoms with van der Waals surface area (Å²) in [4.78, 5) is 0. The molecule has 0 bridgehead atoms. The third-order valence-electron chi connectivity index (χ3n) is 3.18. The molecule has 13 heavy (non-hydrogen) atoms. The van der Waals surface area contributed by atoms with E-state index in [9.17, 15) is 0 Å². The average Bonchev–Trinajstić information content (AvgIpc) is 2.04. The van der Waals surface area contributed by atoms with Crippen molar-refractivity contribution >= 4 is 11.6 Å². The van der Waals surface area contributed by atoms with Crippen LogP contribution in [-0.4, -0.2) is 5.88 Å². The Hall–Kier alpha value is 0.290. The van der Waals surface area contributed by atoms with Gasteiger partial charge in [-0.1, -0.05) is 47.5 Å². The molecular formula is C12H25Cl. The van der Waals surface area contributed by atoms with Gasteiger partial charge in [-0.25, -0.2) is 0 Å². The van der Waals surface area contributed by atoms with Gasteiger partial charge in [0.1, 0.15) is 0 Å². The fourth-order valence-electron chi connectivity index (χ4n) is 1.67. The Morgan fingerprint density at radius 3 is 1.77 bits per heavy atom. The molecule has 0 N–H and O–H groups in total.